The number of anilines is 1. The highest BCUT2D eigenvalue weighted by molar-refractivity contribution is 6.31. The molecule has 3 heterocycles. The molecule has 28 heavy (non-hydrogen) atoms. The number of hydrogen-bond acceptors (Lipinski definition) is 7. The third kappa shape index (κ3) is 2.94. The van der Waals surface area contributed by atoms with Gasteiger partial charge in [-0.05, 0) is 24.3 Å². The van der Waals surface area contributed by atoms with Crippen molar-refractivity contribution in [3.63, 3.8) is 0 Å². The zero-order valence-electron chi connectivity index (χ0n) is 15.4. The van der Waals surface area contributed by atoms with E-state index in [9.17, 15) is 9.59 Å². The second kappa shape index (κ2) is 7.29. The number of halogens is 1. The van der Waals surface area contributed by atoms with Crippen LogP contribution in [-0.4, -0.2) is 61.8 Å². The Labute approximate surface area is 165 Å². The molecule has 8 nitrogen and oxygen atoms in total. The summed E-state index contributed by atoms with van der Waals surface area (Å²) >= 11 is 6.19. The molecule has 0 N–H and O–H groups in total. The van der Waals surface area contributed by atoms with Crippen LogP contribution in [0.2, 0.25) is 5.02 Å². The van der Waals surface area contributed by atoms with Gasteiger partial charge >= 0.3 is 11.9 Å². The summed E-state index contributed by atoms with van der Waals surface area (Å²) in [5.74, 6) is -0.565. The largest absolute Gasteiger partial charge is 0.465 e. The average Bonchev–Trinajstić information content (AvgIpc) is 3.13. The number of carbonyl (C=O) groups excluding carboxylic acids is 2. The Morgan fingerprint density at radius 2 is 1.82 bits per heavy atom. The van der Waals surface area contributed by atoms with E-state index in [2.05, 4.69) is 0 Å². The van der Waals surface area contributed by atoms with E-state index in [-0.39, 0.29) is 11.3 Å². The molecular formula is C19H18ClN3O5. The number of carbonyl (C=O) groups is 2. The van der Waals surface area contributed by atoms with Crippen molar-refractivity contribution in [1.29, 1.82) is 0 Å². The number of ether oxygens (including phenoxy) is 3. The number of fused-ring (bicyclic) bond motifs is 3. The van der Waals surface area contributed by atoms with E-state index in [4.69, 9.17) is 30.8 Å². The van der Waals surface area contributed by atoms with Crippen molar-refractivity contribution >= 4 is 45.9 Å². The number of aromatic nitrogens is 2. The second-order valence-corrected chi connectivity index (χ2v) is 6.71. The predicted molar refractivity (Wildman–Crippen MR) is 103 cm³/mol. The molecule has 3 aromatic rings. The minimum atomic E-state index is -0.578. The molecule has 1 aliphatic heterocycles. The van der Waals surface area contributed by atoms with Crippen LogP contribution in [0.15, 0.2) is 24.3 Å². The minimum Gasteiger partial charge on any atom is -0.465 e. The van der Waals surface area contributed by atoms with Crippen molar-refractivity contribution in [2.45, 2.75) is 0 Å². The van der Waals surface area contributed by atoms with Crippen molar-refractivity contribution < 1.29 is 23.8 Å². The van der Waals surface area contributed by atoms with Gasteiger partial charge in [0, 0.05) is 18.1 Å². The number of benzene rings is 1. The van der Waals surface area contributed by atoms with Gasteiger partial charge in [0.2, 0.25) is 0 Å². The first-order chi connectivity index (χ1) is 13.5. The van der Waals surface area contributed by atoms with Crippen LogP contribution in [0.5, 0.6) is 0 Å². The maximum absolute atomic E-state index is 12.5. The van der Waals surface area contributed by atoms with Crippen molar-refractivity contribution in [3.8, 4) is 0 Å². The molecule has 0 aliphatic carbocycles. The van der Waals surface area contributed by atoms with E-state index in [1.54, 1.807) is 22.6 Å². The first-order valence-electron chi connectivity index (χ1n) is 8.69. The summed E-state index contributed by atoms with van der Waals surface area (Å²) in [6, 6.07) is 6.68. The summed E-state index contributed by atoms with van der Waals surface area (Å²) in [5, 5.41) is 0.485. The van der Waals surface area contributed by atoms with E-state index in [1.807, 2.05) is 4.90 Å². The van der Waals surface area contributed by atoms with E-state index in [0.717, 1.165) is 0 Å². The van der Waals surface area contributed by atoms with Crippen LogP contribution in [0, 0.1) is 0 Å². The zero-order chi connectivity index (χ0) is 19.8. The molecule has 1 aliphatic rings. The number of rotatable bonds is 3. The molecule has 9 heteroatoms. The second-order valence-electron chi connectivity index (χ2n) is 6.28. The molecular weight excluding hydrogens is 386 g/mol. The number of methoxy groups -OCH3 is 2. The molecule has 146 valence electrons. The molecule has 1 saturated heterocycles. The van der Waals surface area contributed by atoms with E-state index >= 15 is 0 Å². The Hall–Kier alpha value is -2.84. The lowest BCUT2D eigenvalue weighted by molar-refractivity contribution is 0.0593. The first-order valence-corrected chi connectivity index (χ1v) is 9.07. The maximum Gasteiger partial charge on any atom is 0.355 e. The number of esters is 2. The van der Waals surface area contributed by atoms with Crippen LogP contribution >= 0.6 is 11.6 Å². The van der Waals surface area contributed by atoms with Crippen molar-refractivity contribution in [2.75, 3.05) is 45.4 Å². The molecule has 2 aromatic heterocycles. The van der Waals surface area contributed by atoms with Crippen LogP contribution in [0.25, 0.3) is 16.6 Å². The van der Waals surface area contributed by atoms with Crippen LogP contribution in [0.1, 0.15) is 20.8 Å². The molecule has 1 aromatic carbocycles. The minimum absolute atomic E-state index is 0.196. The van der Waals surface area contributed by atoms with Gasteiger partial charge in [-0.2, -0.15) is 0 Å². The summed E-state index contributed by atoms with van der Waals surface area (Å²) in [6.07, 6.45) is 0. The van der Waals surface area contributed by atoms with Gasteiger partial charge in [-0.1, -0.05) is 11.6 Å². The fourth-order valence-electron chi connectivity index (χ4n) is 3.43. The van der Waals surface area contributed by atoms with Crippen molar-refractivity contribution in [3.05, 3.63) is 40.5 Å². The van der Waals surface area contributed by atoms with Crippen LogP contribution < -0.4 is 4.90 Å². The number of morpholine rings is 1. The summed E-state index contributed by atoms with van der Waals surface area (Å²) < 4.78 is 17.0. The van der Waals surface area contributed by atoms with Crippen LogP contribution in [0.4, 0.5) is 5.82 Å². The highest BCUT2D eigenvalue weighted by Gasteiger charge is 2.28. The van der Waals surface area contributed by atoms with Gasteiger partial charge in [0.1, 0.15) is 11.2 Å². The highest BCUT2D eigenvalue weighted by atomic mass is 35.5. The van der Waals surface area contributed by atoms with Crippen LogP contribution in [0.3, 0.4) is 0 Å². The van der Waals surface area contributed by atoms with Gasteiger partial charge < -0.3 is 19.1 Å². The zero-order valence-corrected chi connectivity index (χ0v) is 16.2. The molecule has 0 radical (unpaired) electrons. The summed E-state index contributed by atoms with van der Waals surface area (Å²) in [4.78, 5) is 31.8. The predicted octanol–water partition coefficient (Wildman–Crippen LogP) is 2.55. The summed E-state index contributed by atoms with van der Waals surface area (Å²) in [6.45, 7) is 2.32. The lowest BCUT2D eigenvalue weighted by Crippen LogP contribution is -2.37. The van der Waals surface area contributed by atoms with Crippen molar-refractivity contribution in [2.24, 2.45) is 0 Å². The fraction of sp³-hybridized carbons (Fsp3) is 0.316. The Balaban J connectivity index is 2.15. The Kier molecular flexibility index (Phi) is 4.82. The molecule has 0 atom stereocenters. The molecule has 0 spiro atoms. The number of hydrogen-bond donors (Lipinski definition) is 0. The monoisotopic (exact) mass is 403 g/mol. The first kappa shape index (κ1) is 18.5. The standard InChI is InChI=1S/C19H18ClN3O5/c1-26-18(24)12-10-15(19(25)27-2)23-14-9-11(20)3-4-13(14)21-17(16(12)23)22-5-7-28-8-6-22/h3-4,9-10H,5-8H2,1-2H3. The Morgan fingerprint density at radius 1 is 1.11 bits per heavy atom. The van der Waals surface area contributed by atoms with Gasteiger partial charge in [-0.25, -0.2) is 14.6 Å². The topological polar surface area (TPSA) is 82.4 Å². The molecule has 0 amide bonds. The van der Waals surface area contributed by atoms with Gasteiger partial charge in [0.05, 0.1) is 44.0 Å². The van der Waals surface area contributed by atoms with Gasteiger partial charge in [-0.15, -0.1) is 0 Å². The highest BCUT2D eigenvalue weighted by Crippen LogP contribution is 2.33. The fourth-order valence-corrected chi connectivity index (χ4v) is 3.60. The van der Waals surface area contributed by atoms with E-state index in [1.165, 1.54) is 20.3 Å². The maximum atomic E-state index is 12.5. The summed E-state index contributed by atoms with van der Waals surface area (Å²) in [7, 11) is 2.59. The lowest BCUT2D eigenvalue weighted by atomic mass is 10.2. The molecule has 0 bridgehead atoms. The smallest absolute Gasteiger partial charge is 0.355 e. The molecule has 1 fully saturated rings. The van der Waals surface area contributed by atoms with Crippen LogP contribution in [-0.2, 0) is 14.2 Å². The third-order valence-electron chi connectivity index (χ3n) is 4.73. The third-order valence-corrected chi connectivity index (χ3v) is 4.96. The van der Waals surface area contributed by atoms with E-state index < -0.39 is 11.9 Å². The quantitative estimate of drug-likeness (QED) is 0.621. The SMILES string of the molecule is COC(=O)c1cc(C(=O)OC)n2c1c(N1CCOCC1)nc1ccc(Cl)cc12. The van der Waals surface area contributed by atoms with Crippen molar-refractivity contribution in [1.82, 2.24) is 9.38 Å². The Morgan fingerprint density at radius 3 is 2.50 bits per heavy atom. The Bertz CT molecular complexity index is 1090. The van der Waals surface area contributed by atoms with Gasteiger partial charge in [-0.3, -0.25) is 4.40 Å². The lowest BCUT2D eigenvalue weighted by Gasteiger charge is -2.29. The van der Waals surface area contributed by atoms with Gasteiger partial charge in [0.25, 0.3) is 0 Å². The average molecular weight is 404 g/mol. The molecule has 4 rings (SSSR count). The molecule has 0 saturated carbocycles. The number of nitrogens with zero attached hydrogens (tertiary/aromatic N) is 3. The molecule has 0 unspecified atom stereocenters. The normalized spacial score (nSPS) is 14.5. The van der Waals surface area contributed by atoms with E-state index in [0.29, 0.717) is 53.7 Å². The van der Waals surface area contributed by atoms with Gasteiger partial charge in [0.15, 0.2) is 5.82 Å². The summed E-state index contributed by atoms with van der Waals surface area (Å²) in [5.41, 5.74) is 2.13.